The number of hydrogen-bond donors (Lipinski definition) is 1. The predicted octanol–water partition coefficient (Wildman–Crippen LogP) is 5.89. The lowest BCUT2D eigenvalue weighted by Gasteiger charge is -2.13. The Morgan fingerprint density at radius 1 is 1.21 bits per heavy atom. The summed E-state index contributed by atoms with van der Waals surface area (Å²) in [7, 11) is 3.11. The molecule has 9 heteroatoms. The predicted molar refractivity (Wildman–Crippen MR) is 119 cm³/mol. The first-order valence-corrected chi connectivity index (χ1v) is 10.6. The molecule has 0 saturated carbocycles. The lowest BCUT2D eigenvalue weighted by atomic mass is 10.2. The molecule has 152 valence electrons. The Morgan fingerprint density at radius 3 is 2.66 bits per heavy atom. The molecule has 2 aromatic carbocycles. The molecule has 0 unspecified atom stereocenters. The standard InChI is InChI=1S/C20H18BrClN2O4S/c1-4-28-17-9-12(7-13(21)18(17)27-3)19(25)24-20-23-15(10-29-20)11-5-6-16(26-2)14(22)8-11/h5-10H,4H2,1-3H3,(H,23,24,25). The van der Waals surface area contributed by atoms with Gasteiger partial charge >= 0.3 is 0 Å². The van der Waals surface area contributed by atoms with E-state index in [1.54, 1.807) is 38.5 Å². The third kappa shape index (κ3) is 4.83. The molecule has 0 fully saturated rings. The van der Waals surface area contributed by atoms with Crippen molar-refractivity contribution in [3.63, 3.8) is 0 Å². The van der Waals surface area contributed by atoms with E-state index in [9.17, 15) is 4.79 Å². The molecular formula is C20H18BrClN2O4S. The Bertz CT molecular complexity index is 1040. The van der Waals surface area contributed by atoms with Crippen LogP contribution in [0.3, 0.4) is 0 Å². The molecule has 29 heavy (non-hydrogen) atoms. The van der Waals surface area contributed by atoms with Gasteiger partial charge in [0.1, 0.15) is 5.75 Å². The van der Waals surface area contributed by atoms with Gasteiger partial charge in [-0.2, -0.15) is 0 Å². The number of carbonyl (C=O) groups is 1. The van der Waals surface area contributed by atoms with Gasteiger partial charge in [0.25, 0.3) is 5.91 Å². The van der Waals surface area contributed by atoms with Gasteiger partial charge in [0.2, 0.25) is 0 Å². The summed E-state index contributed by atoms with van der Waals surface area (Å²) in [5.74, 6) is 1.32. The van der Waals surface area contributed by atoms with E-state index in [0.29, 0.717) is 49.7 Å². The van der Waals surface area contributed by atoms with Crippen LogP contribution in [0.1, 0.15) is 17.3 Å². The van der Waals surface area contributed by atoms with Crippen molar-refractivity contribution in [2.45, 2.75) is 6.92 Å². The largest absolute Gasteiger partial charge is 0.495 e. The highest BCUT2D eigenvalue weighted by Crippen LogP contribution is 2.37. The molecule has 0 saturated heterocycles. The van der Waals surface area contributed by atoms with Crippen LogP contribution in [0.2, 0.25) is 5.02 Å². The Morgan fingerprint density at radius 2 is 2.00 bits per heavy atom. The molecule has 3 aromatic rings. The van der Waals surface area contributed by atoms with E-state index in [1.165, 1.54) is 11.3 Å². The number of thiazole rings is 1. The highest BCUT2D eigenvalue weighted by Gasteiger charge is 2.17. The van der Waals surface area contributed by atoms with E-state index in [0.717, 1.165) is 5.56 Å². The fourth-order valence-corrected chi connectivity index (χ4v) is 4.20. The molecule has 1 N–H and O–H groups in total. The zero-order chi connectivity index (χ0) is 21.0. The summed E-state index contributed by atoms with van der Waals surface area (Å²) in [6.45, 7) is 2.32. The van der Waals surface area contributed by atoms with Gasteiger partial charge < -0.3 is 14.2 Å². The van der Waals surface area contributed by atoms with Gasteiger partial charge in [-0.3, -0.25) is 10.1 Å². The number of aromatic nitrogens is 1. The number of amides is 1. The molecule has 0 aliphatic carbocycles. The fraction of sp³-hybridized carbons (Fsp3) is 0.200. The highest BCUT2D eigenvalue weighted by molar-refractivity contribution is 9.10. The molecule has 1 heterocycles. The van der Waals surface area contributed by atoms with Gasteiger partial charge in [-0.05, 0) is 53.2 Å². The SMILES string of the molecule is CCOc1cc(C(=O)Nc2nc(-c3ccc(OC)c(Cl)c3)cs2)cc(Br)c1OC. The summed E-state index contributed by atoms with van der Waals surface area (Å²) < 4.78 is 16.7. The van der Waals surface area contributed by atoms with Gasteiger partial charge in [-0.15, -0.1) is 11.3 Å². The first-order valence-electron chi connectivity index (χ1n) is 8.58. The fourth-order valence-electron chi connectivity index (χ4n) is 2.62. The minimum Gasteiger partial charge on any atom is -0.495 e. The van der Waals surface area contributed by atoms with E-state index >= 15 is 0 Å². The molecule has 1 aromatic heterocycles. The van der Waals surface area contributed by atoms with Gasteiger partial charge in [-0.1, -0.05) is 11.6 Å². The highest BCUT2D eigenvalue weighted by atomic mass is 79.9. The first kappa shape index (κ1) is 21.4. The normalized spacial score (nSPS) is 10.5. The van der Waals surface area contributed by atoms with E-state index < -0.39 is 0 Å². The zero-order valence-corrected chi connectivity index (χ0v) is 19.1. The second kappa shape index (κ2) is 9.47. The number of ether oxygens (including phenoxy) is 3. The van der Waals surface area contributed by atoms with Crippen molar-refractivity contribution in [1.29, 1.82) is 0 Å². The smallest absolute Gasteiger partial charge is 0.257 e. The summed E-state index contributed by atoms with van der Waals surface area (Å²) in [6.07, 6.45) is 0. The zero-order valence-electron chi connectivity index (χ0n) is 15.9. The lowest BCUT2D eigenvalue weighted by molar-refractivity contribution is 0.102. The maximum absolute atomic E-state index is 12.7. The van der Waals surface area contributed by atoms with Gasteiger partial charge in [0.15, 0.2) is 16.6 Å². The van der Waals surface area contributed by atoms with Gasteiger partial charge in [-0.25, -0.2) is 4.98 Å². The number of hydrogen-bond acceptors (Lipinski definition) is 6. The molecule has 0 aliphatic rings. The van der Waals surface area contributed by atoms with Crippen LogP contribution < -0.4 is 19.5 Å². The maximum atomic E-state index is 12.7. The van der Waals surface area contributed by atoms with E-state index in [4.69, 9.17) is 25.8 Å². The molecule has 1 amide bonds. The molecule has 0 aliphatic heterocycles. The van der Waals surface area contributed by atoms with Crippen molar-refractivity contribution in [3.05, 3.63) is 50.8 Å². The van der Waals surface area contributed by atoms with Crippen LogP contribution in [-0.4, -0.2) is 31.7 Å². The Hall–Kier alpha value is -2.29. The quantitative estimate of drug-likeness (QED) is 0.440. The third-order valence-electron chi connectivity index (χ3n) is 3.95. The second-order valence-electron chi connectivity index (χ2n) is 5.76. The Kier molecular flexibility index (Phi) is 7.00. The molecule has 3 rings (SSSR count). The van der Waals surface area contributed by atoms with E-state index in [-0.39, 0.29) is 5.91 Å². The van der Waals surface area contributed by atoms with Crippen LogP contribution in [0.4, 0.5) is 5.13 Å². The first-order chi connectivity index (χ1) is 14.0. The van der Waals surface area contributed by atoms with Crippen LogP contribution in [0.25, 0.3) is 11.3 Å². The average molecular weight is 498 g/mol. The number of methoxy groups -OCH3 is 2. The van der Waals surface area contributed by atoms with E-state index in [2.05, 4.69) is 26.2 Å². The molecule has 0 radical (unpaired) electrons. The van der Waals surface area contributed by atoms with Crippen LogP contribution in [0.15, 0.2) is 40.2 Å². The minimum absolute atomic E-state index is 0.303. The molecular weight excluding hydrogens is 480 g/mol. The Balaban J connectivity index is 1.81. The third-order valence-corrected chi connectivity index (χ3v) is 5.59. The summed E-state index contributed by atoms with van der Waals surface area (Å²) in [4.78, 5) is 17.2. The van der Waals surface area contributed by atoms with Crippen molar-refractivity contribution in [2.75, 3.05) is 26.1 Å². The van der Waals surface area contributed by atoms with Crippen molar-refractivity contribution in [1.82, 2.24) is 4.98 Å². The van der Waals surface area contributed by atoms with Gasteiger partial charge in [0.05, 0.1) is 36.0 Å². The van der Waals surface area contributed by atoms with Gasteiger partial charge in [0, 0.05) is 16.5 Å². The topological polar surface area (TPSA) is 69.7 Å². The maximum Gasteiger partial charge on any atom is 0.257 e. The van der Waals surface area contributed by atoms with Crippen LogP contribution >= 0.6 is 38.9 Å². The van der Waals surface area contributed by atoms with Crippen molar-refractivity contribution in [3.8, 4) is 28.5 Å². The van der Waals surface area contributed by atoms with Crippen LogP contribution in [-0.2, 0) is 0 Å². The number of rotatable bonds is 7. The summed E-state index contributed by atoms with van der Waals surface area (Å²) in [6, 6.07) is 8.73. The van der Waals surface area contributed by atoms with Crippen LogP contribution in [0, 0.1) is 0 Å². The van der Waals surface area contributed by atoms with Crippen molar-refractivity contribution in [2.24, 2.45) is 0 Å². The molecule has 0 bridgehead atoms. The van der Waals surface area contributed by atoms with Crippen molar-refractivity contribution >= 4 is 49.9 Å². The minimum atomic E-state index is -0.303. The van der Waals surface area contributed by atoms with Crippen LogP contribution in [0.5, 0.6) is 17.2 Å². The number of anilines is 1. The summed E-state index contributed by atoms with van der Waals surface area (Å²) in [5, 5.41) is 5.63. The summed E-state index contributed by atoms with van der Waals surface area (Å²) >= 11 is 10.9. The summed E-state index contributed by atoms with van der Waals surface area (Å²) in [5.41, 5.74) is 1.96. The monoisotopic (exact) mass is 496 g/mol. The number of halogens is 2. The number of nitrogens with one attached hydrogen (secondary N) is 1. The Labute approximate surface area is 185 Å². The average Bonchev–Trinajstić information content (AvgIpc) is 3.16. The molecule has 6 nitrogen and oxygen atoms in total. The second-order valence-corrected chi connectivity index (χ2v) is 7.88. The number of nitrogens with zero attached hydrogens (tertiary/aromatic N) is 1. The number of carbonyl (C=O) groups excluding carboxylic acids is 1. The van der Waals surface area contributed by atoms with Crippen molar-refractivity contribution < 1.29 is 19.0 Å². The van der Waals surface area contributed by atoms with E-state index in [1.807, 2.05) is 18.4 Å². The molecule has 0 atom stereocenters. The molecule has 0 spiro atoms. The lowest BCUT2D eigenvalue weighted by Crippen LogP contribution is -2.12. The number of benzene rings is 2.